The van der Waals surface area contributed by atoms with E-state index in [4.69, 9.17) is 4.98 Å². The van der Waals surface area contributed by atoms with E-state index in [9.17, 15) is 0 Å². The number of aromatic amines is 1. The first-order chi connectivity index (χ1) is 10.2. The summed E-state index contributed by atoms with van der Waals surface area (Å²) in [6.45, 7) is 6.41. The highest BCUT2D eigenvalue weighted by atomic mass is 32.1. The Kier molecular flexibility index (Phi) is 3.88. The molecule has 0 aliphatic heterocycles. The standard InChI is InChI=1S/C15H19N5S/c1-4-12-18-15(21-20-12)19-13(9(2)3)14-16-10-7-5-6-8-11(10)17-14/h5-9,13H,4H2,1-3H3,(H,16,17)(H,18,19,20)/t13-/m1/s1. The number of nitrogens with one attached hydrogen (secondary N) is 2. The second kappa shape index (κ2) is 5.81. The van der Waals surface area contributed by atoms with Crippen LogP contribution >= 0.6 is 11.5 Å². The minimum atomic E-state index is 0.0926. The van der Waals surface area contributed by atoms with Gasteiger partial charge in [0.15, 0.2) is 0 Å². The van der Waals surface area contributed by atoms with E-state index >= 15 is 0 Å². The summed E-state index contributed by atoms with van der Waals surface area (Å²) < 4.78 is 4.32. The Labute approximate surface area is 128 Å². The molecular weight excluding hydrogens is 282 g/mol. The molecule has 3 aromatic rings. The van der Waals surface area contributed by atoms with Gasteiger partial charge in [0.25, 0.3) is 0 Å². The SMILES string of the molecule is CCc1nsc(N[C@@H](c2nc3ccccc3[nH]2)C(C)C)n1. The van der Waals surface area contributed by atoms with E-state index in [2.05, 4.69) is 40.4 Å². The van der Waals surface area contributed by atoms with Crippen LogP contribution in [0.4, 0.5) is 5.13 Å². The zero-order valence-corrected chi connectivity index (χ0v) is 13.2. The number of H-pyrrole nitrogens is 1. The van der Waals surface area contributed by atoms with Crippen molar-refractivity contribution in [3.05, 3.63) is 35.9 Å². The number of fused-ring (bicyclic) bond motifs is 1. The van der Waals surface area contributed by atoms with Crippen molar-refractivity contribution in [3.8, 4) is 0 Å². The molecule has 0 spiro atoms. The van der Waals surface area contributed by atoms with Crippen molar-refractivity contribution in [2.75, 3.05) is 5.32 Å². The molecule has 0 fully saturated rings. The Morgan fingerprint density at radius 1 is 1.24 bits per heavy atom. The van der Waals surface area contributed by atoms with Crippen molar-refractivity contribution in [3.63, 3.8) is 0 Å². The fraction of sp³-hybridized carbons (Fsp3) is 0.400. The summed E-state index contributed by atoms with van der Waals surface area (Å²) >= 11 is 1.41. The normalized spacial score (nSPS) is 13.0. The molecule has 0 saturated heterocycles. The summed E-state index contributed by atoms with van der Waals surface area (Å²) in [6.07, 6.45) is 0.856. The number of anilines is 1. The van der Waals surface area contributed by atoms with Crippen LogP contribution in [0.1, 0.15) is 38.5 Å². The van der Waals surface area contributed by atoms with E-state index in [-0.39, 0.29) is 6.04 Å². The van der Waals surface area contributed by atoms with Crippen LogP contribution in [0.25, 0.3) is 11.0 Å². The number of rotatable bonds is 5. The van der Waals surface area contributed by atoms with E-state index in [0.717, 1.165) is 34.2 Å². The molecule has 0 unspecified atom stereocenters. The predicted octanol–water partition coefficient (Wildman–Crippen LogP) is 3.79. The Morgan fingerprint density at radius 3 is 2.71 bits per heavy atom. The molecule has 0 aliphatic rings. The molecule has 0 bridgehead atoms. The maximum atomic E-state index is 4.70. The van der Waals surface area contributed by atoms with Gasteiger partial charge in [-0.1, -0.05) is 32.9 Å². The molecule has 6 heteroatoms. The van der Waals surface area contributed by atoms with Crippen LogP contribution in [0.15, 0.2) is 24.3 Å². The second-order valence-electron chi connectivity index (χ2n) is 5.37. The molecule has 2 aromatic heterocycles. The molecular formula is C15H19N5S. The summed E-state index contributed by atoms with van der Waals surface area (Å²) in [4.78, 5) is 12.6. The van der Waals surface area contributed by atoms with Crippen molar-refractivity contribution in [1.82, 2.24) is 19.3 Å². The summed E-state index contributed by atoms with van der Waals surface area (Å²) in [6, 6.07) is 8.18. The molecule has 0 aliphatic carbocycles. The van der Waals surface area contributed by atoms with E-state index in [1.54, 1.807) is 0 Å². The number of aromatic nitrogens is 4. The smallest absolute Gasteiger partial charge is 0.203 e. The summed E-state index contributed by atoms with van der Waals surface area (Å²) in [7, 11) is 0. The minimum Gasteiger partial charge on any atom is -0.350 e. The number of benzene rings is 1. The third-order valence-electron chi connectivity index (χ3n) is 3.43. The van der Waals surface area contributed by atoms with Crippen molar-refractivity contribution in [1.29, 1.82) is 0 Å². The highest BCUT2D eigenvalue weighted by molar-refractivity contribution is 7.09. The zero-order valence-electron chi connectivity index (χ0n) is 12.4. The molecule has 1 atom stereocenters. The molecule has 2 heterocycles. The van der Waals surface area contributed by atoms with Crippen LogP contribution in [0.2, 0.25) is 0 Å². The number of imidazole rings is 1. The van der Waals surface area contributed by atoms with Crippen LogP contribution in [0.5, 0.6) is 0 Å². The molecule has 3 rings (SSSR count). The van der Waals surface area contributed by atoms with Gasteiger partial charge in [0, 0.05) is 18.0 Å². The first-order valence-electron chi connectivity index (χ1n) is 7.21. The monoisotopic (exact) mass is 301 g/mol. The summed E-state index contributed by atoms with van der Waals surface area (Å²) in [5.74, 6) is 2.22. The van der Waals surface area contributed by atoms with Crippen molar-refractivity contribution in [2.24, 2.45) is 5.92 Å². The van der Waals surface area contributed by atoms with E-state index in [1.807, 2.05) is 24.3 Å². The van der Waals surface area contributed by atoms with E-state index < -0.39 is 0 Å². The molecule has 0 radical (unpaired) electrons. The van der Waals surface area contributed by atoms with E-state index in [0.29, 0.717) is 5.92 Å². The molecule has 5 nitrogen and oxygen atoms in total. The highest BCUT2D eigenvalue weighted by Crippen LogP contribution is 2.27. The molecule has 21 heavy (non-hydrogen) atoms. The average Bonchev–Trinajstić information content (AvgIpc) is 3.10. The molecule has 2 N–H and O–H groups in total. The largest absolute Gasteiger partial charge is 0.350 e. The second-order valence-corrected chi connectivity index (χ2v) is 6.13. The van der Waals surface area contributed by atoms with Crippen LogP contribution < -0.4 is 5.32 Å². The van der Waals surface area contributed by atoms with Gasteiger partial charge < -0.3 is 10.3 Å². The zero-order chi connectivity index (χ0) is 14.8. The van der Waals surface area contributed by atoms with Crippen LogP contribution in [-0.2, 0) is 6.42 Å². The maximum absolute atomic E-state index is 4.70. The lowest BCUT2D eigenvalue weighted by Gasteiger charge is -2.19. The number of para-hydroxylation sites is 2. The van der Waals surface area contributed by atoms with Crippen LogP contribution in [0, 0.1) is 5.92 Å². The van der Waals surface area contributed by atoms with Gasteiger partial charge in [0.2, 0.25) is 5.13 Å². The average molecular weight is 301 g/mol. The predicted molar refractivity (Wildman–Crippen MR) is 86.6 cm³/mol. The third kappa shape index (κ3) is 2.90. The van der Waals surface area contributed by atoms with Gasteiger partial charge in [0.1, 0.15) is 11.6 Å². The Hall–Kier alpha value is -1.95. The topological polar surface area (TPSA) is 66.5 Å². The Balaban J connectivity index is 1.90. The van der Waals surface area contributed by atoms with Crippen molar-refractivity contribution < 1.29 is 0 Å². The minimum absolute atomic E-state index is 0.0926. The van der Waals surface area contributed by atoms with Gasteiger partial charge in [-0.25, -0.2) is 9.97 Å². The van der Waals surface area contributed by atoms with Gasteiger partial charge in [-0.05, 0) is 18.1 Å². The molecule has 110 valence electrons. The lowest BCUT2D eigenvalue weighted by atomic mass is 10.0. The number of aryl methyl sites for hydroxylation is 1. The lowest BCUT2D eigenvalue weighted by molar-refractivity contribution is 0.526. The lowest BCUT2D eigenvalue weighted by Crippen LogP contribution is -2.18. The number of hydrogen-bond donors (Lipinski definition) is 2. The van der Waals surface area contributed by atoms with Crippen LogP contribution in [-0.4, -0.2) is 19.3 Å². The fourth-order valence-corrected chi connectivity index (χ4v) is 2.95. The molecule has 0 saturated carbocycles. The third-order valence-corrected chi connectivity index (χ3v) is 4.12. The molecule has 0 amide bonds. The first-order valence-corrected chi connectivity index (χ1v) is 7.98. The fourth-order valence-electron chi connectivity index (χ4n) is 2.26. The number of nitrogens with zero attached hydrogens (tertiary/aromatic N) is 3. The Morgan fingerprint density at radius 2 is 2.05 bits per heavy atom. The maximum Gasteiger partial charge on any atom is 0.203 e. The summed E-state index contributed by atoms with van der Waals surface area (Å²) in [5.41, 5.74) is 2.05. The quantitative estimate of drug-likeness (QED) is 0.752. The summed E-state index contributed by atoms with van der Waals surface area (Å²) in [5, 5.41) is 4.31. The highest BCUT2D eigenvalue weighted by Gasteiger charge is 2.21. The van der Waals surface area contributed by atoms with Crippen LogP contribution in [0.3, 0.4) is 0 Å². The number of hydrogen-bond acceptors (Lipinski definition) is 5. The Bertz CT molecular complexity index is 697. The molecule has 1 aromatic carbocycles. The van der Waals surface area contributed by atoms with Gasteiger partial charge >= 0.3 is 0 Å². The van der Waals surface area contributed by atoms with Gasteiger partial charge in [-0.3, -0.25) is 0 Å². The van der Waals surface area contributed by atoms with Crippen molar-refractivity contribution >= 4 is 27.7 Å². The van der Waals surface area contributed by atoms with Gasteiger partial charge in [-0.2, -0.15) is 4.37 Å². The first kappa shape index (κ1) is 14.0. The van der Waals surface area contributed by atoms with Gasteiger partial charge in [-0.15, -0.1) is 0 Å². The van der Waals surface area contributed by atoms with Crippen molar-refractivity contribution in [2.45, 2.75) is 33.2 Å². The van der Waals surface area contributed by atoms with Gasteiger partial charge in [0.05, 0.1) is 17.1 Å². The van der Waals surface area contributed by atoms with E-state index in [1.165, 1.54) is 11.5 Å².